The molecule has 0 bridgehead atoms. The Balaban J connectivity index is 1.48. The van der Waals surface area contributed by atoms with Crippen molar-refractivity contribution in [3.05, 3.63) is 34.8 Å². The molecule has 128 valence electrons. The quantitative estimate of drug-likeness (QED) is 0.895. The molecule has 1 N–H and O–H groups in total. The Bertz CT molecular complexity index is 701. The van der Waals surface area contributed by atoms with Crippen LogP contribution < -0.4 is 5.32 Å². The highest BCUT2D eigenvalue weighted by molar-refractivity contribution is 7.09. The fourth-order valence-corrected chi connectivity index (χ4v) is 4.33. The summed E-state index contributed by atoms with van der Waals surface area (Å²) >= 11 is 1.67. The standard InChI is InChI=1S/C16H21N5O2S/c1-20-6-4-18-15(20)16(22)19-11-9-21(10-13-17-5-8-24-13)12-3-2-7-23-14(11)12/h4-6,8,11-12,14H,2-3,7,9-10H2,1H3,(H,19,22)/t11-,12+,14+/m0/s1. The van der Waals surface area contributed by atoms with Crippen molar-refractivity contribution in [3.63, 3.8) is 0 Å². The van der Waals surface area contributed by atoms with Gasteiger partial charge in [-0.2, -0.15) is 0 Å². The summed E-state index contributed by atoms with van der Waals surface area (Å²) in [5.41, 5.74) is 0. The van der Waals surface area contributed by atoms with E-state index in [4.69, 9.17) is 4.74 Å². The highest BCUT2D eigenvalue weighted by Crippen LogP contribution is 2.30. The number of fused-ring (bicyclic) bond motifs is 1. The molecule has 0 radical (unpaired) electrons. The van der Waals surface area contributed by atoms with Crippen molar-refractivity contribution in [1.29, 1.82) is 0 Å². The molecule has 0 saturated carbocycles. The number of hydrogen-bond acceptors (Lipinski definition) is 6. The van der Waals surface area contributed by atoms with E-state index in [1.165, 1.54) is 0 Å². The average Bonchev–Trinajstić information content (AvgIpc) is 3.30. The van der Waals surface area contributed by atoms with E-state index in [1.54, 1.807) is 28.3 Å². The Morgan fingerprint density at radius 2 is 2.38 bits per heavy atom. The molecule has 8 heteroatoms. The van der Waals surface area contributed by atoms with Gasteiger partial charge in [-0.25, -0.2) is 9.97 Å². The lowest BCUT2D eigenvalue weighted by molar-refractivity contribution is -0.0211. The van der Waals surface area contributed by atoms with Crippen LogP contribution in [0.3, 0.4) is 0 Å². The molecule has 2 saturated heterocycles. The first-order valence-electron chi connectivity index (χ1n) is 8.24. The molecular weight excluding hydrogens is 326 g/mol. The van der Waals surface area contributed by atoms with E-state index >= 15 is 0 Å². The number of imidazole rings is 1. The van der Waals surface area contributed by atoms with Crippen LogP contribution in [-0.2, 0) is 18.3 Å². The van der Waals surface area contributed by atoms with E-state index in [0.29, 0.717) is 11.9 Å². The van der Waals surface area contributed by atoms with E-state index in [0.717, 1.165) is 37.5 Å². The zero-order valence-electron chi connectivity index (χ0n) is 13.6. The molecule has 7 nitrogen and oxygen atoms in total. The minimum atomic E-state index is -0.142. The number of aryl methyl sites for hydroxylation is 1. The molecule has 0 unspecified atom stereocenters. The van der Waals surface area contributed by atoms with Crippen LogP contribution in [0, 0.1) is 0 Å². The second-order valence-corrected chi connectivity index (χ2v) is 7.32. The van der Waals surface area contributed by atoms with Gasteiger partial charge in [-0.1, -0.05) is 0 Å². The molecule has 0 aromatic carbocycles. The number of carbonyl (C=O) groups excluding carboxylic acids is 1. The Morgan fingerprint density at radius 1 is 1.46 bits per heavy atom. The molecule has 24 heavy (non-hydrogen) atoms. The van der Waals surface area contributed by atoms with Gasteiger partial charge in [-0.05, 0) is 12.8 Å². The summed E-state index contributed by atoms with van der Waals surface area (Å²) in [7, 11) is 1.82. The Morgan fingerprint density at radius 3 is 3.12 bits per heavy atom. The van der Waals surface area contributed by atoms with Gasteiger partial charge in [-0.15, -0.1) is 11.3 Å². The lowest BCUT2D eigenvalue weighted by Gasteiger charge is -2.32. The van der Waals surface area contributed by atoms with Gasteiger partial charge in [0.25, 0.3) is 5.91 Å². The van der Waals surface area contributed by atoms with Crippen molar-refractivity contribution >= 4 is 17.2 Å². The van der Waals surface area contributed by atoms with Crippen LogP contribution in [0.25, 0.3) is 0 Å². The summed E-state index contributed by atoms with van der Waals surface area (Å²) < 4.78 is 7.74. The molecule has 0 spiro atoms. The molecule has 2 aromatic rings. The van der Waals surface area contributed by atoms with E-state index in [-0.39, 0.29) is 18.1 Å². The van der Waals surface area contributed by atoms with Crippen molar-refractivity contribution in [3.8, 4) is 0 Å². The van der Waals surface area contributed by atoms with Crippen LogP contribution in [0.2, 0.25) is 0 Å². The molecule has 1 amide bonds. The van der Waals surface area contributed by atoms with E-state index < -0.39 is 0 Å². The monoisotopic (exact) mass is 347 g/mol. The fraction of sp³-hybridized carbons (Fsp3) is 0.562. The Kier molecular flexibility index (Phi) is 4.34. The largest absolute Gasteiger partial charge is 0.374 e. The van der Waals surface area contributed by atoms with Crippen molar-refractivity contribution in [1.82, 2.24) is 24.8 Å². The van der Waals surface area contributed by atoms with Gasteiger partial charge in [0.1, 0.15) is 5.01 Å². The zero-order chi connectivity index (χ0) is 16.5. The van der Waals surface area contributed by atoms with Crippen LogP contribution in [0.5, 0.6) is 0 Å². The number of carbonyl (C=O) groups is 1. The number of rotatable bonds is 4. The zero-order valence-corrected chi connectivity index (χ0v) is 14.4. The molecule has 2 aliphatic rings. The molecule has 2 aromatic heterocycles. The van der Waals surface area contributed by atoms with E-state index in [1.807, 2.05) is 18.6 Å². The van der Waals surface area contributed by atoms with Crippen LogP contribution in [-0.4, -0.2) is 56.7 Å². The smallest absolute Gasteiger partial charge is 0.287 e. The number of nitrogens with one attached hydrogen (secondary N) is 1. The van der Waals surface area contributed by atoms with Gasteiger partial charge in [0.15, 0.2) is 5.82 Å². The number of thiazole rings is 1. The molecular formula is C16H21N5O2S. The third-order valence-electron chi connectivity index (χ3n) is 4.79. The molecule has 3 atom stereocenters. The first kappa shape index (κ1) is 15.7. The van der Waals surface area contributed by atoms with Crippen molar-refractivity contribution in [2.75, 3.05) is 13.2 Å². The summed E-state index contributed by atoms with van der Waals surface area (Å²) in [4.78, 5) is 23.4. The maximum Gasteiger partial charge on any atom is 0.287 e. The van der Waals surface area contributed by atoms with Crippen LogP contribution in [0.15, 0.2) is 24.0 Å². The predicted molar refractivity (Wildman–Crippen MR) is 89.7 cm³/mol. The third-order valence-corrected chi connectivity index (χ3v) is 5.56. The summed E-state index contributed by atoms with van der Waals surface area (Å²) in [6, 6.07) is 0.328. The number of likely N-dealkylation sites (tertiary alicyclic amines) is 1. The van der Waals surface area contributed by atoms with E-state index in [2.05, 4.69) is 20.2 Å². The van der Waals surface area contributed by atoms with Gasteiger partial charge < -0.3 is 14.6 Å². The minimum absolute atomic E-state index is 0.0144. The lowest BCUT2D eigenvalue weighted by Crippen LogP contribution is -2.48. The fourth-order valence-electron chi connectivity index (χ4n) is 3.69. The first-order valence-corrected chi connectivity index (χ1v) is 9.12. The topological polar surface area (TPSA) is 72.3 Å². The predicted octanol–water partition coefficient (Wildman–Crippen LogP) is 1.04. The second-order valence-electron chi connectivity index (χ2n) is 6.34. The second kappa shape index (κ2) is 6.62. The Labute approximate surface area is 144 Å². The maximum atomic E-state index is 12.5. The molecule has 4 rings (SSSR count). The van der Waals surface area contributed by atoms with Crippen molar-refractivity contribution in [2.45, 2.75) is 37.6 Å². The third kappa shape index (κ3) is 2.97. The maximum absolute atomic E-state index is 12.5. The van der Waals surface area contributed by atoms with Crippen molar-refractivity contribution < 1.29 is 9.53 Å². The highest BCUT2D eigenvalue weighted by atomic mass is 32.1. The molecule has 4 heterocycles. The van der Waals surface area contributed by atoms with Gasteiger partial charge in [-0.3, -0.25) is 9.69 Å². The van der Waals surface area contributed by atoms with Crippen molar-refractivity contribution in [2.24, 2.45) is 7.05 Å². The summed E-state index contributed by atoms with van der Waals surface area (Å²) in [5, 5.41) is 6.23. The minimum Gasteiger partial charge on any atom is -0.374 e. The lowest BCUT2D eigenvalue weighted by atomic mass is 10.0. The number of amides is 1. The highest BCUT2D eigenvalue weighted by Gasteiger charge is 2.44. The summed E-state index contributed by atoms with van der Waals surface area (Å²) in [6.45, 7) is 2.36. The van der Waals surface area contributed by atoms with Gasteiger partial charge in [0.05, 0.1) is 18.7 Å². The van der Waals surface area contributed by atoms with Gasteiger partial charge in [0.2, 0.25) is 0 Å². The Hall–Kier alpha value is -1.77. The summed E-state index contributed by atoms with van der Waals surface area (Å²) in [6.07, 6.45) is 7.46. The molecule has 2 aliphatic heterocycles. The van der Waals surface area contributed by atoms with Gasteiger partial charge >= 0.3 is 0 Å². The SMILES string of the molecule is Cn1ccnc1C(=O)N[C@H]1CN(Cc2nccs2)[C@@H]2CCCO[C@H]12. The number of aromatic nitrogens is 3. The summed E-state index contributed by atoms with van der Waals surface area (Å²) in [5.74, 6) is 0.289. The average molecular weight is 347 g/mol. The van der Waals surface area contributed by atoms with Crippen LogP contribution >= 0.6 is 11.3 Å². The van der Waals surface area contributed by atoms with Crippen LogP contribution in [0.4, 0.5) is 0 Å². The first-order chi connectivity index (χ1) is 11.7. The van der Waals surface area contributed by atoms with Crippen LogP contribution in [0.1, 0.15) is 28.5 Å². The molecule has 0 aliphatic carbocycles. The normalized spacial score (nSPS) is 27.1. The van der Waals surface area contributed by atoms with Gasteiger partial charge in [0, 0.05) is 50.2 Å². The molecule has 2 fully saturated rings. The number of ether oxygens (including phenoxy) is 1. The van der Waals surface area contributed by atoms with E-state index in [9.17, 15) is 4.79 Å². The number of nitrogens with zero attached hydrogens (tertiary/aromatic N) is 4. The number of hydrogen-bond donors (Lipinski definition) is 1.